The molecular weight excluding hydrogens is 1230 g/mol. The Bertz CT molecular complexity index is 3790. The third kappa shape index (κ3) is 17.1. The minimum absolute atomic E-state index is 0. The zero-order valence-electron chi connectivity index (χ0n) is 56.2. The van der Waals surface area contributed by atoms with Crippen LogP contribution in [0.25, 0.3) is 22.3 Å². The Kier molecular flexibility index (Phi) is 24.1. The number of nitrogens with zero attached hydrogens (tertiary/aromatic N) is 6. The zero-order valence-corrected chi connectivity index (χ0v) is 58.2. The van der Waals surface area contributed by atoms with Crippen LogP contribution in [0.15, 0.2) is 72.8 Å². The van der Waals surface area contributed by atoms with E-state index in [1.165, 1.54) is 50.3 Å². The van der Waals surface area contributed by atoms with Gasteiger partial charge in [0.25, 0.3) is 11.8 Å². The maximum absolute atomic E-state index is 14.2. The number of carboxylic acids is 1. The molecule has 3 saturated heterocycles. The fourth-order valence-electron chi connectivity index (χ4n) is 13.8. The molecule has 0 bridgehead atoms. The van der Waals surface area contributed by atoms with E-state index in [4.69, 9.17) is 18.9 Å². The molecular formula is C74H87F4N6NaO10. The number of aryl methyl sites for hydroxylation is 2. The number of ether oxygens (including phenoxy) is 4. The maximum Gasteiger partial charge on any atom is 1.00 e. The van der Waals surface area contributed by atoms with Crippen molar-refractivity contribution in [2.75, 3.05) is 53.0 Å². The average molecular weight is 1320 g/mol. The molecule has 2 saturated carbocycles. The molecule has 2 aliphatic carbocycles. The Morgan fingerprint density at radius 2 is 1.00 bits per heavy atom. The summed E-state index contributed by atoms with van der Waals surface area (Å²) < 4.78 is 78.4. The fourth-order valence-corrected chi connectivity index (χ4v) is 13.8. The van der Waals surface area contributed by atoms with Gasteiger partial charge >= 0.3 is 41.5 Å². The van der Waals surface area contributed by atoms with E-state index in [0.717, 1.165) is 135 Å². The molecule has 5 aliphatic heterocycles. The van der Waals surface area contributed by atoms with Gasteiger partial charge in [-0.25, -0.2) is 27.2 Å². The molecule has 0 radical (unpaired) electrons. The van der Waals surface area contributed by atoms with E-state index in [0.29, 0.717) is 102 Å². The standard InChI is InChI=1S/C35H39F2N3O4.C34H37F2N3O4.C5H10O.Na.H2O/c1-20(2)44-33-18-28(23-7-8-30(36)31(37)16-23)27(22-5-6-22)15-24(33)19-39-12-9-25(10-13-39)40-14-11-32-29(34(40)41)17-26(21(3)38-32)35(42)43-4;1-19(2)43-32-17-27(22-6-7-29(35)30(36)15-22)26(21-4-5-21)14-23(32)18-38-11-8-24(9-12-38)39-13-10-31-28(33(39)40)16-25(34(41)42)20(3)37-31;1-5-3-2-4-6-5;;/h7-8,15-18,20,22,25H,5-6,9-14,19H2,1-4H3;6-7,14-17,19,21,24H,4-5,8-13,18H2,1-3H3,(H,41,42);5H,2-4H2,1H3;;1H2/q;;;+1;/p-1. The van der Waals surface area contributed by atoms with E-state index in [-0.39, 0.29) is 76.7 Å². The van der Waals surface area contributed by atoms with Gasteiger partial charge in [0.15, 0.2) is 23.3 Å². The number of pyridine rings is 2. The van der Waals surface area contributed by atoms with Crippen LogP contribution in [0.4, 0.5) is 17.6 Å². The predicted molar refractivity (Wildman–Crippen MR) is 348 cm³/mol. The molecule has 95 heavy (non-hydrogen) atoms. The Morgan fingerprint density at radius 3 is 1.35 bits per heavy atom. The van der Waals surface area contributed by atoms with Gasteiger partial charge in [-0.2, -0.15) is 0 Å². The van der Waals surface area contributed by atoms with Crippen LogP contribution in [0.3, 0.4) is 0 Å². The van der Waals surface area contributed by atoms with Crippen LogP contribution in [0.1, 0.15) is 197 Å². The minimum atomic E-state index is -1.07. The topological polar surface area (TPSA) is 194 Å². The summed E-state index contributed by atoms with van der Waals surface area (Å²) in [5, 5.41) is 9.52. The Hall–Kier alpha value is -6.78. The Morgan fingerprint density at radius 1 is 0.579 bits per heavy atom. The number of hydrogen-bond acceptors (Lipinski definition) is 13. The Balaban J connectivity index is 0.000000201. The second kappa shape index (κ2) is 31.6. The van der Waals surface area contributed by atoms with Crippen molar-refractivity contribution in [1.29, 1.82) is 0 Å². The second-order valence-corrected chi connectivity index (χ2v) is 26.6. The third-order valence-corrected chi connectivity index (χ3v) is 19.0. The molecule has 2 N–H and O–H groups in total. The van der Waals surface area contributed by atoms with E-state index in [1.807, 2.05) is 49.6 Å². The molecule has 4 aromatic carbocycles. The number of carboxylic acid groups (broad SMARTS) is 1. The van der Waals surface area contributed by atoms with Gasteiger partial charge < -0.3 is 39.3 Å². The number of rotatable bonds is 16. The molecule has 16 nitrogen and oxygen atoms in total. The normalized spacial score (nSPS) is 18.4. The predicted octanol–water partition coefficient (Wildman–Crippen LogP) is 10.8. The second-order valence-electron chi connectivity index (χ2n) is 26.6. The first-order valence-electron chi connectivity index (χ1n) is 33.2. The van der Waals surface area contributed by atoms with Crippen molar-refractivity contribution in [3.63, 3.8) is 0 Å². The van der Waals surface area contributed by atoms with Gasteiger partial charge in [0, 0.05) is 95.0 Å². The SMILES string of the molecule is CC1CCCO1.COC(=O)c1cc2c(nc1C)CCN(C1CCN(Cc3cc(C4CC4)c(-c4ccc(F)c(F)c4)cc3OC(C)C)CC1)C2=O.Cc1nc2c(cc1C(=O)O)C(=O)N(C1CCN(Cc3cc(C4CC4)c(-c4ccc(F)c(F)c4)cc3OC(C)C)CC1)CC2.[Na+].[OH-]. The van der Waals surface area contributed by atoms with Crippen molar-refractivity contribution in [1.82, 2.24) is 29.6 Å². The molecule has 502 valence electrons. The van der Waals surface area contributed by atoms with Gasteiger partial charge in [-0.15, -0.1) is 0 Å². The number of likely N-dealkylation sites (tertiary alicyclic amines) is 2. The number of hydrogen-bond donors (Lipinski definition) is 1. The third-order valence-electron chi connectivity index (χ3n) is 19.0. The molecule has 2 aromatic heterocycles. The van der Waals surface area contributed by atoms with Crippen LogP contribution in [0.5, 0.6) is 11.5 Å². The first-order chi connectivity index (χ1) is 44.6. The number of aromatic nitrogens is 2. The summed E-state index contributed by atoms with van der Waals surface area (Å²) in [5.74, 6) is -2.88. The maximum atomic E-state index is 14.2. The van der Waals surface area contributed by atoms with E-state index in [1.54, 1.807) is 32.0 Å². The van der Waals surface area contributed by atoms with Crippen LogP contribution in [0, 0.1) is 37.1 Å². The van der Waals surface area contributed by atoms with E-state index >= 15 is 0 Å². The van der Waals surface area contributed by atoms with Crippen LogP contribution >= 0.6 is 0 Å². The van der Waals surface area contributed by atoms with Crippen molar-refractivity contribution < 1.29 is 95.8 Å². The largest absolute Gasteiger partial charge is 1.00 e. The van der Waals surface area contributed by atoms with E-state index in [2.05, 4.69) is 38.8 Å². The molecule has 7 aliphatic rings. The summed E-state index contributed by atoms with van der Waals surface area (Å²) in [7, 11) is 1.33. The summed E-state index contributed by atoms with van der Waals surface area (Å²) in [6, 6.07) is 19.9. The molecule has 1 atom stereocenters. The van der Waals surface area contributed by atoms with E-state index in [9.17, 15) is 41.8 Å². The summed E-state index contributed by atoms with van der Waals surface area (Å²) in [6.45, 7) is 20.3. The van der Waals surface area contributed by atoms with Crippen LogP contribution in [0.2, 0.25) is 0 Å². The van der Waals surface area contributed by atoms with Crippen molar-refractivity contribution in [2.45, 2.75) is 181 Å². The molecule has 2 amide bonds. The van der Waals surface area contributed by atoms with Crippen molar-refractivity contribution in [3.05, 3.63) is 163 Å². The van der Waals surface area contributed by atoms with E-state index < -0.39 is 35.2 Å². The number of aromatic carboxylic acids is 1. The average Bonchev–Trinajstić information content (AvgIpc) is 1.68. The smallest absolute Gasteiger partial charge is 0.870 e. The summed E-state index contributed by atoms with van der Waals surface area (Å²) in [6.07, 6.45) is 11.9. The number of piperidine rings is 2. The van der Waals surface area contributed by atoms with Crippen LogP contribution in [-0.4, -0.2) is 147 Å². The van der Waals surface area contributed by atoms with Gasteiger partial charge in [-0.3, -0.25) is 29.4 Å². The molecule has 6 aromatic rings. The van der Waals surface area contributed by atoms with Gasteiger partial charge in [-0.05, 0) is 219 Å². The summed E-state index contributed by atoms with van der Waals surface area (Å²) >= 11 is 0. The van der Waals surface area contributed by atoms with Gasteiger partial charge in [0.1, 0.15) is 11.5 Å². The first kappa shape index (κ1) is 72.5. The van der Waals surface area contributed by atoms with Gasteiger partial charge in [0.05, 0.1) is 70.5 Å². The summed E-state index contributed by atoms with van der Waals surface area (Å²) in [5.41, 5.74) is 11.3. The zero-order chi connectivity index (χ0) is 65.9. The van der Waals surface area contributed by atoms with Crippen molar-refractivity contribution in [2.24, 2.45) is 0 Å². The van der Waals surface area contributed by atoms with Gasteiger partial charge in [-0.1, -0.05) is 12.1 Å². The number of fused-ring (bicyclic) bond motifs is 2. The molecule has 21 heteroatoms. The number of methoxy groups -OCH3 is 1. The van der Waals surface area contributed by atoms with Gasteiger partial charge in [0.2, 0.25) is 0 Å². The molecule has 5 fully saturated rings. The quantitative estimate of drug-likeness (QED) is 0.0546. The van der Waals surface area contributed by atoms with Crippen LogP contribution in [-0.2, 0) is 35.4 Å². The number of halogens is 4. The Labute approximate surface area is 576 Å². The summed E-state index contributed by atoms with van der Waals surface area (Å²) in [4.78, 5) is 68.5. The minimum Gasteiger partial charge on any atom is -0.870 e. The molecule has 0 spiro atoms. The number of esters is 1. The van der Waals surface area contributed by atoms with Crippen LogP contribution < -0.4 is 39.0 Å². The molecule has 13 rings (SSSR count). The monoisotopic (exact) mass is 1320 g/mol. The molecule has 7 heterocycles. The molecule has 1 unspecified atom stereocenters. The fraction of sp³-hybridized carbons (Fsp3) is 0.486. The first-order valence-corrected chi connectivity index (χ1v) is 33.2. The van der Waals surface area contributed by atoms with Crippen molar-refractivity contribution in [3.8, 4) is 33.8 Å². The number of carbonyl (C=O) groups excluding carboxylic acids is 3. The van der Waals surface area contributed by atoms with Crippen molar-refractivity contribution >= 4 is 23.8 Å². The number of carbonyl (C=O) groups is 4. The number of benzene rings is 4. The number of amides is 2.